The monoisotopic (exact) mass is 388 g/mol. The quantitative estimate of drug-likeness (QED) is 0.470. The largest absolute Gasteiger partial charge is 0.478 e. The molecule has 9 heteroatoms. The summed E-state index contributed by atoms with van der Waals surface area (Å²) in [7, 11) is 0. The molecule has 2 aromatic carbocycles. The summed E-state index contributed by atoms with van der Waals surface area (Å²) in [6.45, 7) is 0.368. The summed E-state index contributed by atoms with van der Waals surface area (Å²) in [6, 6.07) is 12.9. The molecular formula is C18H17FN4O3S. The topological polar surface area (TPSA) is 91.5 Å². The van der Waals surface area contributed by atoms with Crippen LogP contribution in [0.4, 0.5) is 10.1 Å². The van der Waals surface area contributed by atoms with E-state index < -0.39 is 12.0 Å². The molecule has 1 aliphatic rings. The number of halogens is 1. The molecule has 0 saturated carbocycles. The second-order valence-corrected chi connectivity index (χ2v) is 6.19. The van der Waals surface area contributed by atoms with E-state index in [0.29, 0.717) is 18.0 Å². The maximum atomic E-state index is 12.9. The number of ether oxygens (including phenoxy) is 1. The van der Waals surface area contributed by atoms with E-state index in [9.17, 15) is 14.0 Å². The van der Waals surface area contributed by atoms with E-state index in [1.807, 2.05) is 0 Å². The van der Waals surface area contributed by atoms with Crippen molar-refractivity contribution in [3.63, 3.8) is 0 Å². The van der Waals surface area contributed by atoms with E-state index in [-0.39, 0.29) is 23.3 Å². The molecule has 0 bridgehead atoms. The number of hydrogen-bond acceptors (Lipinski definition) is 4. The van der Waals surface area contributed by atoms with E-state index in [0.717, 1.165) is 5.56 Å². The Morgan fingerprint density at radius 2 is 1.89 bits per heavy atom. The van der Waals surface area contributed by atoms with Crippen molar-refractivity contribution in [2.24, 2.45) is 0 Å². The van der Waals surface area contributed by atoms with E-state index >= 15 is 0 Å². The SMILES string of the molecule is O=C(C[C@@H]1Oc2ccccc2NC1=O)NNC(=S)NCc1ccc(F)cc1. The molecular weight excluding hydrogens is 371 g/mol. The number of thiocarbonyl (C=S) groups is 1. The van der Waals surface area contributed by atoms with Crippen LogP contribution in [-0.4, -0.2) is 23.0 Å². The Morgan fingerprint density at radius 1 is 1.15 bits per heavy atom. The van der Waals surface area contributed by atoms with Gasteiger partial charge in [-0.15, -0.1) is 0 Å². The predicted molar refractivity (Wildman–Crippen MR) is 101 cm³/mol. The van der Waals surface area contributed by atoms with Crippen molar-refractivity contribution in [3.05, 3.63) is 59.9 Å². The number of rotatable bonds is 4. The summed E-state index contributed by atoms with van der Waals surface area (Å²) in [5, 5.41) is 5.75. The number of hydrogen-bond donors (Lipinski definition) is 4. The second kappa shape index (κ2) is 8.45. The van der Waals surface area contributed by atoms with Gasteiger partial charge < -0.3 is 15.4 Å². The van der Waals surface area contributed by atoms with Gasteiger partial charge in [-0.2, -0.15) is 0 Å². The van der Waals surface area contributed by atoms with Gasteiger partial charge >= 0.3 is 0 Å². The Bertz CT molecular complexity index is 860. The van der Waals surface area contributed by atoms with Gasteiger partial charge in [-0.25, -0.2) is 4.39 Å². The van der Waals surface area contributed by atoms with Crippen LogP contribution in [-0.2, 0) is 16.1 Å². The van der Waals surface area contributed by atoms with Crippen molar-refractivity contribution in [2.75, 3.05) is 5.32 Å². The van der Waals surface area contributed by atoms with Crippen LogP contribution in [0.5, 0.6) is 5.75 Å². The highest BCUT2D eigenvalue weighted by Crippen LogP contribution is 2.29. The van der Waals surface area contributed by atoms with Gasteiger partial charge in [0.1, 0.15) is 11.6 Å². The van der Waals surface area contributed by atoms with Gasteiger partial charge in [0.05, 0.1) is 12.1 Å². The Morgan fingerprint density at radius 3 is 2.67 bits per heavy atom. The van der Waals surface area contributed by atoms with Crippen LogP contribution >= 0.6 is 12.2 Å². The lowest BCUT2D eigenvalue weighted by atomic mass is 10.1. The highest BCUT2D eigenvalue weighted by molar-refractivity contribution is 7.80. The molecule has 0 saturated heterocycles. The third-order valence-corrected chi connectivity index (χ3v) is 4.01. The fourth-order valence-electron chi connectivity index (χ4n) is 2.40. The van der Waals surface area contributed by atoms with Crippen molar-refractivity contribution >= 4 is 34.8 Å². The van der Waals surface area contributed by atoms with E-state index in [1.165, 1.54) is 12.1 Å². The van der Waals surface area contributed by atoms with Crippen molar-refractivity contribution in [1.29, 1.82) is 0 Å². The molecule has 3 rings (SSSR count). The molecule has 7 nitrogen and oxygen atoms in total. The Labute approximate surface area is 160 Å². The zero-order chi connectivity index (χ0) is 19.2. The minimum atomic E-state index is -0.928. The molecule has 1 atom stereocenters. The lowest BCUT2D eigenvalue weighted by molar-refractivity contribution is -0.130. The van der Waals surface area contributed by atoms with Gasteiger partial charge in [0, 0.05) is 6.54 Å². The number of anilines is 1. The molecule has 0 unspecified atom stereocenters. The molecule has 1 heterocycles. The third kappa shape index (κ3) is 5.14. The average molecular weight is 388 g/mol. The summed E-state index contributed by atoms with van der Waals surface area (Å²) in [5.74, 6) is -0.649. The van der Waals surface area contributed by atoms with Crippen LogP contribution in [0.2, 0.25) is 0 Å². The Balaban J connectivity index is 1.42. The Hall–Kier alpha value is -3.20. The van der Waals surface area contributed by atoms with Gasteiger partial charge in [0.15, 0.2) is 11.2 Å². The van der Waals surface area contributed by atoms with Gasteiger partial charge in [-0.3, -0.25) is 20.4 Å². The smallest absolute Gasteiger partial charge is 0.266 e. The highest BCUT2D eigenvalue weighted by Gasteiger charge is 2.29. The van der Waals surface area contributed by atoms with Crippen LogP contribution in [0.3, 0.4) is 0 Å². The number of carbonyl (C=O) groups is 2. The minimum absolute atomic E-state index is 0.173. The first-order valence-corrected chi connectivity index (χ1v) is 8.56. The zero-order valence-corrected chi connectivity index (χ0v) is 14.9. The second-order valence-electron chi connectivity index (χ2n) is 5.78. The van der Waals surface area contributed by atoms with Gasteiger partial charge in [0.25, 0.3) is 5.91 Å². The predicted octanol–water partition coefficient (Wildman–Crippen LogP) is 1.61. The summed E-state index contributed by atoms with van der Waals surface area (Å²) >= 11 is 5.06. The fourth-order valence-corrected chi connectivity index (χ4v) is 2.52. The summed E-state index contributed by atoms with van der Waals surface area (Å²) in [4.78, 5) is 24.0. The van der Waals surface area contributed by atoms with Gasteiger partial charge in [-0.05, 0) is 42.0 Å². The van der Waals surface area contributed by atoms with Crippen LogP contribution in [0.25, 0.3) is 0 Å². The van der Waals surface area contributed by atoms with Crippen molar-refractivity contribution in [1.82, 2.24) is 16.2 Å². The molecule has 2 aromatic rings. The van der Waals surface area contributed by atoms with Crippen molar-refractivity contribution in [3.8, 4) is 5.75 Å². The van der Waals surface area contributed by atoms with Gasteiger partial charge in [-0.1, -0.05) is 24.3 Å². The summed E-state index contributed by atoms with van der Waals surface area (Å²) < 4.78 is 18.4. The van der Waals surface area contributed by atoms with Crippen molar-refractivity contribution in [2.45, 2.75) is 19.1 Å². The lowest BCUT2D eigenvalue weighted by Crippen LogP contribution is -2.49. The molecule has 4 N–H and O–H groups in total. The van der Waals surface area contributed by atoms with E-state index in [1.54, 1.807) is 36.4 Å². The number of para-hydroxylation sites is 2. The summed E-state index contributed by atoms with van der Waals surface area (Å²) in [5.41, 5.74) is 6.36. The molecule has 0 aliphatic carbocycles. The molecule has 0 spiro atoms. The number of nitrogens with one attached hydrogen (secondary N) is 4. The lowest BCUT2D eigenvalue weighted by Gasteiger charge is -2.25. The number of fused-ring (bicyclic) bond motifs is 1. The normalized spacial score (nSPS) is 15.0. The van der Waals surface area contributed by atoms with Crippen molar-refractivity contribution < 1.29 is 18.7 Å². The number of benzene rings is 2. The Kier molecular flexibility index (Phi) is 5.82. The number of hydrazine groups is 1. The molecule has 140 valence electrons. The number of carbonyl (C=O) groups excluding carboxylic acids is 2. The molecule has 0 aromatic heterocycles. The third-order valence-electron chi connectivity index (χ3n) is 3.76. The van der Waals surface area contributed by atoms with E-state index in [2.05, 4.69) is 21.5 Å². The summed E-state index contributed by atoms with van der Waals surface area (Å²) in [6.07, 6.45) is -1.10. The first-order valence-electron chi connectivity index (χ1n) is 8.15. The molecule has 2 amide bonds. The molecule has 1 aliphatic heterocycles. The van der Waals surface area contributed by atoms with Crippen LogP contribution in [0, 0.1) is 5.82 Å². The van der Waals surface area contributed by atoms with Gasteiger partial charge in [0.2, 0.25) is 5.91 Å². The zero-order valence-electron chi connectivity index (χ0n) is 14.1. The first kappa shape index (κ1) is 18.6. The molecule has 0 fully saturated rings. The maximum absolute atomic E-state index is 12.9. The van der Waals surface area contributed by atoms with Crippen LogP contribution in [0.15, 0.2) is 48.5 Å². The fraction of sp³-hybridized carbons (Fsp3) is 0.167. The van der Waals surface area contributed by atoms with Crippen LogP contribution in [0.1, 0.15) is 12.0 Å². The molecule has 0 radical (unpaired) electrons. The van der Waals surface area contributed by atoms with Crippen LogP contribution < -0.4 is 26.2 Å². The maximum Gasteiger partial charge on any atom is 0.266 e. The van der Waals surface area contributed by atoms with E-state index in [4.69, 9.17) is 17.0 Å². The number of amides is 2. The average Bonchev–Trinajstić information content (AvgIpc) is 2.66. The first-order chi connectivity index (χ1) is 13.0. The molecule has 27 heavy (non-hydrogen) atoms. The standard InChI is InChI=1S/C18H17FN4O3S/c19-12-7-5-11(6-8-12)10-20-18(27)23-22-16(24)9-15-17(25)21-13-3-1-2-4-14(13)26-15/h1-8,15H,9-10H2,(H,21,25)(H,22,24)(H2,20,23,27)/t15-/m0/s1. The minimum Gasteiger partial charge on any atom is -0.478 e. The highest BCUT2D eigenvalue weighted by atomic mass is 32.1.